The molecule has 0 unspecified atom stereocenters. The van der Waals surface area contributed by atoms with E-state index in [0.29, 0.717) is 0 Å². The van der Waals surface area contributed by atoms with Gasteiger partial charge in [0.25, 0.3) is 0 Å². The van der Waals surface area contributed by atoms with Crippen LogP contribution in [0.1, 0.15) is 5.82 Å². The maximum Gasteiger partial charge on any atom is 0.235 e. The summed E-state index contributed by atoms with van der Waals surface area (Å²) in [5.41, 5.74) is 1.30. The van der Waals surface area contributed by atoms with Crippen LogP contribution in [0.5, 0.6) is 0 Å². The number of anilines is 1. The van der Waals surface area contributed by atoms with Crippen LogP contribution in [-0.2, 0) is 6.54 Å². The van der Waals surface area contributed by atoms with Crippen molar-refractivity contribution in [3.05, 3.63) is 53.7 Å². The number of fused-ring (bicyclic) bond motifs is 1. The number of aromatic nitrogens is 4. The topological polar surface area (TPSA) is 49.6 Å². The minimum absolute atomic E-state index is 0.789. The van der Waals surface area contributed by atoms with Crippen LogP contribution in [0.15, 0.2) is 47.8 Å². The predicted molar refractivity (Wildman–Crippen MR) is 106 cm³/mol. The van der Waals surface area contributed by atoms with Gasteiger partial charge in [0.2, 0.25) is 4.96 Å². The predicted octanol–water partition coefficient (Wildman–Crippen LogP) is 3.24. The molecule has 0 N–H and O–H groups in total. The van der Waals surface area contributed by atoms with Crippen LogP contribution in [0.3, 0.4) is 0 Å². The van der Waals surface area contributed by atoms with E-state index in [2.05, 4.69) is 67.8 Å². The maximum absolute atomic E-state index is 4.73. The van der Waals surface area contributed by atoms with Crippen molar-refractivity contribution in [1.82, 2.24) is 24.7 Å². The molecule has 8 heteroatoms. The molecule has 0 radical (unpaired) electrons. The maximum atomic E-state index is 4.73. The molecule has 3 aromatic heterocycles. The van der Waals surface area contributed by atoms with Crippen LogP contribution < -0.4 is 4.90 Å². The van der Waals surface area contributed by atoms with Crippen molar-refractivity contribution in [3.63, 3.8) is 0 Å². The molecule has 0 bridgehead atoms. The van der Waals surface area contributed by atoms with Crippen molar-refractivity contribution in [3.8, 4) is 9.88 Å². The molecule has 0 amide bonds. The fraction of sp³-hybridized carbons (Fsp3) is 0.278. The number of rotatable bonds is 4. The lowest BCUT2D eigenvalue weighted by Gasteiger charge is -2.35. The first kappa shape index (κ1) is 15.9. The Morgan fingerprint density at radius 1 is 0.923 bits per heavy atom. The molecule has 5 rings (SSSR count). The van der Waals surface area contributed by atoms with Gasteiger partial charge in [-0.05, 0) is 23.6 Å². The van der Waals surface area contributed by atoms with Gasteiger partial charge in [-0.15, -0.1) is 21.5 Å². The van der Waals surface area contributed by atoms with E-state index in [1.165, 1.54) is 10.6 Å². The summed E-state index contributed by atoms with van der Waals surface area (Å²) < 4.78 is 1.91. The molecule has 1 saturated heterocycles. The van der Waals surface area contributed by atoms with Gasteiger partial charge >= 0.3 is 0 Å². The highest BCUT2D eigenvalue weighted by atomic mass is 32.1. The van der Waals surface area contributed by atoms with Gasteiger partial charge in [-0.3, -0.25) is 4.90 Å². The Labute approximate surface area is 159 Å². The summed E-state index contributed by atoms with van der Waals surface area (Å²) in [6, 6.07) is 14.8. The Bertz CT molecular complexity index is 983. The van der Waals surface area contributed by atoms with E-state index in [1.54, 1.807) is 22.7 Å². The summed E-state index contributed by atoms with van der Waals surface area (Å²) in [7, 11) is 0. The number of hydrogen-bond donors (Lipinski definition) is 0. The molecular formula is C18H18N6S2. The number of benzene rings is 1. The van der Waals surface area contributed by atoms with E-state index >= 15 is 0 Å². The van der Waals surface area contributed by atoms with Crippen LogP contribution in [0.25, 0.3) is 14.8 Å². The highest BCUT2D eigenvalue weighted by Gasteiger charge is 2.20. The molecule has 1 aliphatic rings. The minimum atomic E-state index is 0.789. The third-order valence-electron chi connectivity index (χ3n) is 4.65. The lowest BCUT2D eigenvalue weighted by molar-refractivity contribution is 0.242. The van der Waals surface area contributed by atoms with E-state index in [-0.39, 0.29) is 0 Å². The largest absolute Gasteiger partial charge is 0.369 e. The molecule has 0 spiro atoms. The summed E-state index contributed by atoms with van der Waals surface area (Å²) >= 11 is 3.30. The lowest BCUT2D eigenvalue weighted by atomic mass is 10.2. The Hall–Kier alpha value is -2.29. The molecule has 4 aromatic rings. The molecule has 1 aromatic carbocycles. The van der Waals surface area contributed by atoms with Crippen molar-refractivity contribution in [2.45, 2.75) is 6.54 Å². The molecule has 4 heterocycles. The Morgan fingerprint density at radius 2 is 1.77 bits per heavy atom. The van der Waals surface area contributed by atoms with Gasteiger partial charge in [-0.1, -0.05) is 35.6 Å². The quantitative estimate of drug-likeness (QED) is 0.542. The molecule has 26 heavy (non-hydrogen) atoms. The molecule has 1 fully saturated rings. The lowest BCUT2D eigenvalue weighted by Crippen LogP contribution is -2.46. The SMILES string of the molecule is c1ccc(N2CCN(Cc3nnc4sc(-c5cccs5)nn34)CC2)cc1. The summed E-state index contributed by atoms with van der Waals surface area (Å²) in [6.07, 6.45) is 0. The van der Waals surface area contributed by atoms with Crippen molar-refractivity contribution in [1.29, 1.82) is 0 Å². The standard InChI is InChI=1S/C18H18N6S2/c1-2-5-14(6-3-1)23-10-8-22(9-11-23)13-16-19-20-18-24(16)21-17(26-18)15-7-4-12-25-15/h1-7,12H,8-11,13H2. The first-order valence-corrected chi connectivity index (χ1v) is 10.3. The Morgan fingerprint density at radius 3 is 2.54 bits per heavy atom. The number of piperazine rings is 1. The molecular weight excluding hydrogens is 364 g/mol. The molecule has 6 nitrogen and oxygen atoms in total. The molecule has 1 aliphatic heterocycles. The first-order valence-electron chi connectivity index (χ1n) is 8.64. The van der Waals surface area contributed by atoms with Crippen molar-refractivity contribution in [2.24, 2.45) is 0 Å². The number of nitrogens with zero attached hydrogens (tertiary/aromatic N) is 6. The van der Waals surface area contributed by atoms with E-state index in [9.17, 15) is 0 Å². The van der Waals surface area contributed by atoms with Crippen LogP contribution in [0, 0.1) is 0 Å². The number of hydrogen-bond acceptors (Lipinski definition) is 7. The summed E-state index contributed by atoms with van der Waals surface area (Å²) in [5.74, 6) is 0.923. The molecule has 0 aliphatic carbocycles. The molecule has 132 valence electrons. The molecule has 0 atom stereocenters. The van der Waals surface area contributed by atoms with Gasteiger partial charge in [0.05, 0.1) is 11.4 Å². The van der Waals surface area contributed by atoms with E-state index in [0.717, 1.165) is 48.5 Å². The van der Waals surface area contributed by atoms with Gasteiger partial charge in [0.1, 0.15) is 0 Å². The van der Waals surface area contributed by atoms with E-state index < -0.39 is 0 Å². The highest BCUT2D eigenvalue weighted by molar-refractivity contribution is 7.23. The van der Waals surface area contributed by atoms with Gasteiger partial charge in [-0.25, -0.2) is 0 Å². The number of para-hydroxylation sites is 1. The fourth-order valence-electron chi connectivity index (χ4n) is 3.26. The third kappa shape index (κ3) is 3.00. The second-order valence-corrected chi connectivity index (χ2v) is 8.20. The normalized spacial score (nSPS) is 15.8. The average molecular weight is 383 g/mol. The van der Waals surface area contributed by atoms with Crippen molar-refractivity contribution < 1.29 is 0 Å². The summed E-state index contributed by atoms with van der Waals surface area (Å²) in [5, 5.41) is 16.5. The Balaban J connectivity index is 1.28. The highest BCUT2D eigenvalue weighted by Crippen LogP contribution is 2.29. The zero-order valence-corrected chi connectivity index (χ0v) is 15.8. The first-order chi connectivity index (χ1) is 12.9. The monoisotopic (exact) mass is 382 g/mol. The van der Waals surface area contributed by atoms with Crippen LogP contribution >= 0.6 is 22.7 Å². The third-order valence-corrected chi connectivity index (χ3v) is 6.58. The summed E-state index contributed by atoms with van der Waals surface area (Å²) in [4.78, 5) is 6.92. The van der Waals surface area contributed by atoms with E-state index in [4.69, 9.17) is 5.10 Å². The van der Waals surface area contributed by atoms with Crippen LogP contribution in [-0.4, -0.2) is 50.9 Å². The second-order valence-electron chi connectivity index (χ2n) is 6.29. The van der Waals surface area contributed by atoms with Gasteiger partial charge < -0.3 is 4.90 Å². The van der Waals surface area contributed by atoms with Crippen LogP contribution in [0.2, 0.25) is 0 Å². The van der Waals surface area contributed by atoms with Crippen LogP contribution in [0.4, 0.5) is 5.69 Å². The van der Waals surface area contributed by atoms with Gasteiger partial charge in [0, 0.05) is 31.9 Å². The zero-order valence-electron chi connectivity index (χ0n) is 14.2. The Kier molecular flexibility index (Phi) is 4.16. The van der Waals surface area contributed by atoms with Crippen molar-refractivity contribution >= 4 is 33.3 Å². The van der Waals surface area contributed by atoms with Gasteiger partial charge in [-0.2, -0.15) is 9.61 Å². The average Bonchev–Trinajstić information content (AvgIpc) is 3.41. The minimum Gasteiger partial charge on any atom is -0.369 e. The zero-order chi connectivity index (χ0) is 17.3. The van der Waals surface area contributed by atoms with Gasteiger partial charge in [0.15, 0.2) is 10.8 Å². The second kappa shape index (κ2) is 6.79. The number of thiophene rings is 1. The fourth-order valence-corrected chi connectivity index (χ4v) is 4.91. The van der Waals surface area contributed by atoms with Crippen molar-refractivity contribution in [2.75, 3.05) is 31.1 Å². The molecule has 0 saturated carbocycles. The summed E-state index contributed by atoms with van der Waals surface area (Å²) in [6.45, 7) is 4.89. The van der Waals surface area contributed by atoms with E-state index in [1.807, 2.05) is 4.52 Å². The smallest absolute Gasteiger partial charge is 0.235 e.